The number of aromatic nitrogens is 2. The zero-order valence-electron chi connectivity index (χ0n) is 20.2. The summed E-state index contributed by atoms with van der Waals surface area (Å²) >= 11 is 12.2. The fraction of sp³-hybridized carbons (Fsp3) is 0.370. The van der Waals surface area contributed by atoms with Crippen molar-refractivity contribution in [3.05, 3.63) is 81.9 Å². The van der Waals surface area contributed by atoms with Crippen molar-refractivity contribution in [3.8, 4) is 17.6 Å². The number of hydrogen-bond acceptors (Lipinski definition) is 5. The van der Waals surface area contributed by atoms with Crippen LogP contribution in [-0.2, 0) is 17.4 Å². The van der Waals surface area contributed by atoms with Gasteiger partial charge in [-0.05, 0) is 41.5 Å². The summed E-state index contributed by atoms with van der Waals surface area (Å²) in [7, 11) is 0. The van der Waals surface area contributed by atoms with Gasteiger partial charge in [-0.3, -0.25) is 0 Å². The Balaban J connectivity index is 1.77. The third-order valence-electron chi connectivity index (χ3n) is 5.56. The van der Waals surface area contributed by atoms with E-state index >= 15 is 0 Å². The summed E-state index contributed by atoms with van der Waals surface area (Å²) < 4.78 is 11.5. The van der Waals surface area contributed by atoms with Crippen LogP contribution in [0.4, 0.5) is 0 Å². The van der Waals surface area contributed by atoms with Crippen molar-refractivity contribution < 1.29 is 9.47 Å². The van der Waals surface area contributed by atoms with Gasteiger partial charge in [-0.2, -0.15) is 5.26 Å². The highest BCUT2D eigenvalue weighted by molar-refractivity contribution is 6.32. The first-order chi connectivity index (χ1) is 16.1. The molecule has 0 saturated heterocycles. The molecule has 0 saturated carbocycles. The van der Waals surface area contributed by atoms with Gasteiger partial charge in [-0.15, -0.1) is 11.6 Å². The van der Waals surface area contributed by atoms with E-state index in [0.717, 1.165) is 28.4 Å². The van der Waals surface area contributed by atoms with Crippen LogP contribution in [0.25, 0.3) is 0 Å². The molecule has 0 aliphatic carbocycles. The van der Waals surface area contributed by atoms with Crippen molar-refractivity contribution in [1.82, 2.24) is 9.97 Å². The van der Waals surface area contributed by atoms with E-state index in [0.29, 0.717) is 28.8 Å². The van der Waals surface area contributed by atoms with Crippen LogP contribution in [0.3, 0.4) is 0 Å². The lowest BCUT2D eigenvalue weighted by molar-refractivity contribution is 0.299. The number of benzene rings is 2. The van der Waals surface area contributed by atoms with Crippen molar-refractivity contribution >= 4 is 23.2 Å². The van der Waals surface area contributed by atoms with Gasteiger partial charge in [0.1, 0.15) is 30.9 Å². The molecule has 0 unspecified atom stereocenters. The zero-order chi connectivity index (χ0) is 24.9. The molecule has 0 radical (unpaired) electrons. The molecule has 1 aromatic heterocycles. The maximum Gasteiger partial charge on any atom is 0.155 e. The SMILES string of the molecule is CC(C)(C)c1nccc(COc2ccc(C(C)(C)c3cc(Cl)c(OCCCl)c(C#N)c3)cc2)n1. The molecule has 0 amide bonds. The lowest BCUT2D eigenvalue weighted by Gasteiger charge is -2.27. The van der Waals surface area contributed by atoms with Gasteiger partial charge in [0.2, 0.25) is 0 Å². The normalized spacial score (nSPS) is 11.7. The molecule has 0 aliphatic heterocycles. The smallest absolute Gasteiger partial charge is 0.155 e. The van der Waals surface area contributed by atoms with E-state index in [1.54, 1.807) is 6.20 Å². The van der Waals surface area contributed by atoms with Gasteiger partial charge in [-0.25, -0.2) is 9.97 Å². The number of nitrogens with zero attached hydrogens (tertiary/aromatic N) is 3. The standard InChI is InChI=1S/C27H29Cl2N3O2/c1-26(2,3)25-31-12-10-21(32-25)17-34-22-8-6-19(7-9-22)27(4,5)20-14-18(16-30)24(23(29)15-20)33-13-11-28/h6-10,12,14-15H,11,13,17H2,1-5H3. The molecular weight excluding hydrogens is 469 g/mol. The van der Waals surface area contributed by atoms with E-state index in [4.69, 9.17) is 32.7 Å². The fourth-order valence-electron chi connectivity index (χ4n) is 3.45. The Labute approximate surface area is 211 Å². The van der Waals surface area contributed by atoms with Crippen molar-refractivity contribution in [2.45, 2.75) is 52.1 Å². The van der Waals surface area contributed by atoms with E-state index < -0.39 is 5.41 Å². The molecular formula is C27H29Cl2N3O2. The molecule has 7 heteroatoms. The van der Waals surface area contributed by atoms with E-state index in [1.165, 1.54) is 0 Å². The molecule has 3 rings (SSSR count). The Morgan fingerprint density at radius 2 is 1.68 bits per heavy atom. The van der Waals surface area contributed by atoms with Gasteiger partial charge in [0.05, 0.1) is 22.2 Å². The van der Waals surface area contributed by atoms with Crippen LogP contribution < -0.4 is 9.47 Å². The third-order valence-corrected chi connectivity index (χ3v) is 5.99. The minimum atomic E-state index is -0.396. The lowest BCUT2D eigenvalue weighted by Crippen LogP contribution is -2.19. The summed E-state index contributed by atoms with van der Waals surface area (Å²) in [5.74, 6) is 2.22. The summed E-state index contributed by atoms with van der Waals surface area (Å²) in [5.41, 5.74) is 2.68. The van der Waals surface area contributed by atoms with E-state index in [-0.39, 0.29) is 12.0 Å². The lowest BCUT2D eigenvalue weighted by atomic mass is 9.77. The van der Waals surface area contributed by atoms with Crippen LogP contribution in [0.2, 0.25) is 5.02 Å². The average molecular weight is 498 g/mol. The van der Waals surface area contributed by atoms with Crippen molar-refractivity contribution in [2.75, 3.05) is 12.5 Å². The molecule has 3 aromatic rings. The summed E-state index contributed by atoms with van der Waals surface area (Å²) in [5, 5.41) is 10.0. The van der Waals surface area contributed by atoms with Crippen LogP contribution in [0.15, 0.2) is 48.7 Å². The zero-order valence-corrected chi connectivity index (χ0v) is 21.7. The van der Waals surface area contributed by atoms with Crippen LogP contribution in [0.1, 0.15) is 62.8 Å². The third kappa shape index (κ3) is 6.00. The fourth-order valence-corrected chi connectivity index (χ4v) is 3.81. The second-order valence-corrected chi connectivity index (χ2v) is 10.3. The molecule has 5 nitrogen and oxygen atoms in total. The molecule has 0 fully saturated rings. The Morgan fingerprint density at radius 3 is 2.29 bits per heavy atom. The first-order valence-corrected chi connectivity index (χ1v) is 12.0. The Hall–Kier alpha value is -2.81. The summed E-state index contributed by atoms with van der Waals surface area (Å²) in [6.45, 7) is 11.1. The summed E-state index contributed by atoms with van der Waals surface area (Å²) in [6, 6.07) is 15.6. The Kier molecular flexibility index (Phi) is 8.07. The van der Waals surface area contributed by atoms with Gasteiger partial charge in [0, 0.05) is 17.0 Å². The van der Waals surface area contributed by atoms with Gasteiger partial charge >= 0.3 is 0 Å². The van der Waals surface area contributed by atoms with Gasteiger partial charge < -0.3 is 9.47 Å². The minimum Gasteiger partial charge on any atom is -0.489 e. The van der Waals surface area contributed by atoms with E-state index in [2.05, 4.69) is 50.7 Å². The summed E-state index contributed by atoms with van der Waals surface area (Å²) in [6.07, 6.45) is 1.77. The first kappa shape index (κ1) is 25.8. The Bertz CT molecular complexity index is 1180. The highest BCUT2D eigenvalue weighted by Gasteiger charge is 2.26. The number of hydrogen-bond donors (Lipinski definition) is 0. The van der Waals surface area contributed by atoms with E-state index in [9.17, 15) is 5.26 Å². The number of ether oxygens (including phenoxy) is 2. The number of nitriles is 1. The van der Waals surface area contributed by atoms with Crippen LogP contribution >= 0.6 is 23.2 Å². The monoisotopic (exact) mass is 497 g/mol. The van der Waals surface area contributed by atoms with Crippen molar-refractivity contribution in [2.24, 2.45) is 0 Å². The molecule has 0 N–H and O–H groups in total. The topological polar surface area (TPSA) is 68.0 Å². The maximum absolute atomic E-state index is 9.61. The quantitative estimate of drug-likeness (QED) is 0.319. The predicted octanol–water partition coefficient (Wildman–Crippen LogP) is 6.82. The number of rotatable bonds is 8. The van der Waals surface area contributed by atoms with Crippen LogP contribution in [-0.4, -0.2) is 22.5 Å². The van der Waals surface area contributed by atoms with Crippen molar-refractivity contribution in [3.63, 3.8) is 0 Å². The van der Waals surface area contributed by atoms with Crippen LogP contribution in [0.5, 0.6) is 11.5 Å². The number of alkyl halides is 1. The molecule has 0 spiro atoms. The summed E-state index contributed by atoms with van der Waals surface area (Å²) in [4.78, 5) is 8.97. The largest absolute Gasteiger partial charge is 0.489 e. The molecule has 2 aromatic carbocycles. The van der Waals surface area contributed by atoms with Crippen LogP contribution in [0, 0.1) is 11.3 Å². The number of halogens is 2. The second-order valence-electron chi connectivity index (χ2n) is 9.54. The van der Waals surface area contributed by atoms with Gasteiger partial charge in [-0.1, -0.05) is 58.4 Å². The highest BCUT2D eigenvalue weighted by Crippen LogP contribution is 2.38. The molecule has 0 atom stereocenters. The molecule has 0 aliphatic rings. The second kappa shape index (κ2) is 10.6. The van der Waals surface area contributed by atoms with Gasteiger partial charge in [0.25, 0.3) is 0 Å². The molecule has 0 bridgehead atoms. The maximum atomic E-state index is 9.61. The first-order valence-electron chi connectivity index (χ1n) is 11.0. The van der Waals surface area contributed by atoms with Gasteiger partial charge in [0.15, 0.2) is 5.75 Å². The highest BCUT2D eigenvalue weighted by atomic mass is 35.5. The molecule has 34 heavy (non-hydrogen) atoms. The van der Waals surface area contributed by atoms with E-state index in [1.807, 2.05) is 42.5 Å². The predicted molar refractivity (Wildman–Crippen MR) is 136 cm³/mol. The average Bonchev–Trinajstić information content (AvgIpc) is 2.81. The van der Waals surface area contributed by atoms with Crippen molar-refractivity contribution in [1.29, 1.82) is 5.26 Å². The Morgan fingerprint density at radius 1 is 0.971 bits per heavy atom. The molecule has 178 valence electrons. The molecule has 1 heterocycles. The minimum absolute atomic E-state index is 0.119.